The molecule has 3 heteroatoms. The van der Waals surface area contributed by atoms with E-state index < -0.39 is 0 Å². The molecule has 0 spiro atoms. The Hall–Kier alpha value is -2.42. The molecule has 25 heavy (non-hydrogen) atoms. The molecule has 128 valence electrons. The minimum absolute atomic E-state index is 0.134. The lowest BCUT2D eigenvalue weighted by molar-refractivity contribution is 0.455. The maximum Gasteiger partial charge on any atom is 0.272 e. The number of hydrogen-bond donors (Lipinski definition) is 1. The summed E-state index contributed by atoms with van der Waals surface area (Å²) in [6.07, 6.45) is 9.45. The molecule has 2 aromatic carbocycles. The smallest absolute Gasteiger partial charge is 0.267 e. The maximum atomic E-state index is 12.0. The van der Waals surface area contributed by atoms with E-state index in [9.17, 15) is 4.79 Å². The highest BCUT2D eigenvalue weighted by molar-refractivity contribution is 5.93. The standard InChI is InChI=1S/C22H24N2O/c25-22-20-11-7-6-10-19(20)21(23-24-22)18-14-12-17(13-15-18)16-8-4-2-1-3-5-9-16/h6-7,10-16H,1-5,8-9H2,(H,24,25). The lowest BCUT2D eigenvalue weighted by Crippen LogP contribution is -2.09. The fraction of sp³-hybridized carbons (Fsp3) is 0.364. The van der Waals surface area contributed by atoms with Gasteiger partial charge >= 0.3 is 0 Å². The lowest BCUT2D eigenvalue weighted by Gasteiger charge is -2.20. The van der Waals surface area contributed by atoms with Crippen molar-refractivity contribution in [1.29, 1.82) is 0 Å². The van der Waals surface area contributed by atoms with E-state index in [0.717, 1.165) is 16.6 Å². The van der Waals surface area contributed by atoms with Crippen LogP contribution in [0.3, 0.4) is 0 Å². The molecular weight excluding hydrogens is 308 g/mol. The van der Waals surface area contributed by atoms with Crippen LogP contribution in [0.5, 0.6) is 0 Å². The van der Waals surface area contributed by atoms with E-state index in [-0.39, 0.29) is 5.56 Å². The molecule has 1 aliphatic rings. The van der Waals surface area contributed by atoms with E-state index in [2.05, 4.69) is 34.5 Å². The predicted octanol–water partition coefficient (Wildman–Crippen LogP) is 5.42. The van der Waals surface area contributed by atoms with Gasteiger partial charge < -0.3 is 0 Å². The van der Waals surface area contributed by atoms with Crippen molar-refractivity contribution in [2.45, 2.75) is 50.9 Å². The van der Waals surface area contributed by atoms with E-state index in [1.165, 1.54) is 50.5 Å². The molecule has 1 fully saturated rings. The summed E-state index contributed by atoms with van der Waals surface area (Å²) >= 11 is 0. The second-order valence-corrected chi connectivity index (χ2v) is 7.11. The molecule has 0 unspecified atom stereocenters. The highest BCUT2D eigenvalue weighted by Gasteiger charge is 2.14. The van der Waals surface area contributed by atoms with Crippen LogP contribution in [0.25, 0.3) is 22.0 Å². The van der Waals surface area contributed by atoms with Crippen molar-refractivity contribution in [3.63, 3.8) is 0 Å². The average Bonchev–Trinajstić information content (AvgIpc) is 2.63. The molecular formula is C22H24N2O. The molecule has 0 atom stereocenters. The van der Waals surface area contributed by atoms with Crippen LogP contribution in [0.1, 0.15) is 56.4 Å². The van der Waals surface area contributed by atoms with Gasteiger partial charge in [-0.3, -0.25) is 4.79 Å². The molecule has 3 aromatic rings. The summed E-state index contributed by atoms with van der Waals surface area (Å²) in [6, 6.07) is 16.5. The lowest BCUT2D eigenvalue weighted by atomic mass is 9.85. The molecule has 1 saturated carbocycles. The molecule has 0 amide bonds. The summed E-state index contributed by atoms with van der Waals surface area (Å²) in [6.45, 7) is 0. The Morgan fingerprint density at radius 3 is 2.16 bits per heavy atom. The Balaban J connectivity index is 1.66. The van der Waals surface area contributed by atoms with Crippen LogP contribution in [0.2, 0.25) is 0 Å². The fourth-order valence-electron chi connectivity index (χ4n) is 4.04. The van der Waals surface area contributed by atoms with Gasteiger partial charge in [0.1, 0.15) is 0 Å². The van der Waals surface area contributed by atoms with Crippen LogP contribution in [0.15, 0.2) is 53.3 Å². The summed E-state index contributed by atoms with van der Waals surface area (Å²) < 4.78 is 0. The van der Waals surface area contributed by atoms with Crippen LogP contribution in [-0.2, 0) is 0 Å². The van der Waals surface area contributed by atoms with Crippen LogP contribution >= 0.6 is 0 Å². The third kappa shape index (κ3) is 3.37. The Morgan fingerprint density at radius 1 is 0.800 bits per heavy atom. The number of aromatic amines is 1. The van der Waals surface area contributed by atoms with Gasteiger partial charge in [-0.1, -0.05) is 74.6 Å². The zero-order valence-corrected chi connectivity index (χ0v) is 14.5. The summed E-state index contributed by atoms with van der Waals surface area (Å²) in [7, 11) is 0. The minimum Gasteiger partial charge on any atom is -0.267 e. The first-order chi connectivity index (χ1) is 12.3. The van der Waals surface area contributed by atoms with Crippen molar-refractivity contribution >= 4 is 10.8 Å². The quantitative estimate of drug-likeness (QED) is 0.681. The Morgan fingerprint density at radius 2 is 1.44 bits per heavy atom. The van der Waals surface area contributed by atoms with Gasteiger partial charge in [0.25, 0.3) is 5.56 Å². The topological polar surface area (TPSA) is 45.8 Å². The number of nitrogens with one attached hydrogen (secondary N) is 1. The molecule has 0 aliphatic heterocycles. The largest absolute Gasteiger partial charge is 0.272 e. The molecule has 3 nitrogen and oxygen atoms in total. The van der Waals surface area contributed by atoms with Crippen LogP contribution in [0.4, 0.5) is 0 Å². The second-order valence-electron chi connectivity index (χ2n) is 7.11. The summed E-state index contributed by atoms with van der Waals surface area (Å²) in [4.78, 5) is 12.0. The number of rotatable bonds is 2. The Bertz CT molecular complexity index is 903. The number of aromatic nitrogens is 2. The van der Waals surface area contributed by atoms with Crippen molar-refractivity contribution in [2.75, 3.05) is 0 Å². The SMILES string of the molecule is O=c1[nH]nc(-c2ccc(C3CCCCCCC3)cc2)c2ccccc12. The number of fused-ring (bicyclic) bond motifs is 1. The van der Waals surface area contributed by atoms with Gasteiger partial charge in [-0.25, -0.2) is 5.10 Å². The molecule has 1 N–H and O–H groups in total. The van der Waals surface area contributed by atoms with Gasteiger partial charge in [0, 0.05) is 10.9 Å². The monoisotopic (exact) mass is 332 g/mol. The van der Waals surface area contributed by atoms with Crippen LogP contribution in [0, 0.1) is 0 Å². The number of H-pyrrole nitrogens is 1. The van der Waals surface area contributed by atoms with E-state index in [0.29, 0.717) is 11.3 Å². The molecule has 0 radical (unpaired) electrons. The fourth-order valence-corrected chi connectivity index (χ4v) is 4.04. The molecule has 1 aliphatic carbocycles. The summed E-state index contributed by atoms with van der Waals surface area (Å²) in [5.74, 6) is 0.689. The minimum atomic E-state index is -0.134. The number of benzene rings is 2. The van der Waals surface area contributed by atoms with E-state index >= 15 is 0 Å². The maximum absolute atomic E-state index is 12.0. The highest BCUT2D eigenvalue weighted by Crippen LogP contribution is 2.32. The summed E-state index contributed by atoms with van der Waals surface area (Å²) in [5, 5.41) is 8.54. The van der Waals surface area contributed by atoms with Crippen molar-refractivity contribution in [1.82, 2.24) is 10.2 Å². The van der Waals surface area contributed by atoms with Gasteiger partial charge in [0.05, 0.1) is 11.1 Å². The van der Waals surface area contributed by atoms with Crippen molar-refractivity contribution in [2.24, 2.45) is 0 Å². The molecule has 1 heterocycles. The molecule has 4 rings (SSSR count). The summed E-state index contributed by atoms with van der Waals surface area (Å²) in [5.41, 5.74) is 3.21. The first kappa shape index (κ1) is 16.1. The second kappa shape index (κ2) is 7.22. The van der Waals surface area contributed by atoms with E-state index in [1.807, 2.05) is 24.3 Å². The number of nitrogens with zero attached hydrogens (tertiary/aromatic N) is 1. The molecule has 0 bridgehead atoms. The van der Waals surface area contributed by atoms with Gasteiger partial charge in [0.2, 0.25) is 0 Å². The first-order valence-corrected chi connectivity index (χ1v) is 9.41. The molecule has 1 aromatic heterocycles. The van der Waals surface area contributed by atoms with E-state index in [4.69, 9.17) is 0 Å². The van der Waals surface area contributed by atoms with E-state index in [1.54, 1.807) is 0 Å². The first-order valence-electron chi connectivity index (χ1n) is 9.41. The predicted molar refractivity (Wildman–Crippen MR) is 103 cm³/mol. The zero-order chi connectivity index (χ0) is 17.1. The third-order valence-electron chi connectivity index (χ3n) is 5.46. The average molecular weight is 332 g/mol. The molecule has 0 saturated heterocycles. The van der Waals surface area contributed by atoms with Crippen molar-refractivity contribution in [3.8, 4) is 11.3 Å². The van der Waals surface area contributed by atoms with Crippen molar-refractivity contribution in [3.05, 3.63) is 64.4 Å². The third-order valence-corrected chi connectivity index (χ3v) is 5.46. The van der Waals surface area contributed by atoms with Crippen LogP contribution < -0.4 is 5.56 Å². The highest BCUT2D eigenvalue weighted by atomic mass is 16.1. The van der Waals surface area contributed by atoms with Crippen LogP contribution in [-0.4, -0.2) is 10.2 Å². The number of hydrogen-bond acceptors (Lipinski definition) is 2. The van der Waals surface area contributed by atoms with Gasteiger partial charge in [-0.2, -0.15) is 5.10 Å². The Labute approximate surface area is 148 Å². The zero-order valence-electron chi connectivity index (χ0n) is 14.5. The Kier molecular flexibility index (Phi) is 4.64. The van der Waals surface area contributed by atoms with Crippen molar-refractivity contribution < 1.29 is 0 Å². The van der Waals surface area contributed by atoms with Gasteiger partial charge in [-0.05, 0) is 30.4 Å². The van der Waals surface area contributed by atoms with Gasteiger partial charge in [-0.15, -0.1) is 0 Å². The normalized spacial score (nSPS) is 16.5. The van der Waals surface area contributed by atoms with Gasteiger partial charge in [0.15, 0.2) is 0 Å².